The number of rotatable bonds is 5. The molecule has 0 bridgehead atoms. The second-order valence-corrected chi connectivity index (χ2v) is 5.93. The molecular weight excluding hydrogens is 258 g/mol. The Morgan fingerprint density at radius 3 is 2.67 bits per heavy atom. The molecule has 1 aliphatic rings. The van der Waals surface area contributed by atoms with Crippen molar-refractivity contribution in [1.82, 2.24) is 4.98 Å². The van der Waals surface area contributed by atoms with Crippen LogP contribution >= 0.6 is 0 Å². The normalized spacial score (nSPS) is 14.5. The summed E-state index contributed by atoms with van der Waals surface area (Å²) in [4.78, 5) is 3.53. The zero-order valence-electron chi connectivity index (χ0n) is 12.0. The molecule has 1 aromatic heterocycles. The van der Waals surface area contributed by atoms with Crippen LogP contribution < -0.4 is 4.74 Å². The quantitative estimate of drug-likeness (QED) is 0.718. The molecule has 4 rings (SSSR count). The topological polar surface area (TPSA) is 25.0 Å². The van der Waals surface area contributed by atoms with Gasteiger partial charge in [-0.1, -0.05) is 36.4 Å². The van der Waals surface area contributed by atoms with Crippen LogP contribution in [0.3, 0.4) is 0 Å². The van der Waals surface area contributed by atoms with Crippen LogP contribution in [-0.2, 0) is 13.0 Å². The monoisotopic (exact) mass is 277 g/mol. The molecule has 0 unspecified atom stereocenters. The van der Waals surface area contributed by atoms with Crippen LogP contribution in [-0.4, -0.2) is 4.98 Å². The van der Waals surface area contributed by atoms with E-state index in [0.717, 1.165) is 11.7 Å². The molecule has 2 nitrogen and oxygen atoms in total. The molecule has 0 saturated heterocycles. The standard InChI is InChI=1S/C19H19NO/c1-2-5-15(6-3-1)13-21-19-8-4-7-18-17(19)12-16(20-18)11-14-9-10-14/h1-8,12,14,20H,9-11,13H2. The summed E-state index contributed by atoms with van der Waals surface area (Å²) in [5, 5.41) is 1.20. The summed E-state index contributed by atoms with van der Waals surface area (Å²) in [5.41, 5.74) is 3.71. The fraction of sp³-hybridized carbons (Fsp3) is 0.263. The molecule has 3 aromatic rings. The molecule has 0 atom stereocenters. The third-order valence-electron chi connectivity index (χ3n) is 4.12. The molecule has 1 fully saturated rings. The highest BCUT2D eigenvalue weighted by atomic mass is 16.5. The van der Waals surface area contributed by atoms with Gasteiger partial charge in [0.25, 0.3) is 0 Å². The average Bonchev–Trinajstić information content (AvgIpc) is 3.23. The molecule has 2 heteroatoms. The minimum absolute atomic E-state index is 0.614. The van der Waals surface area contributed by atoms with Gasteiger partial charge in [-0.05, 0) is 48.9 Å². The van der Waals surface area contributed by atoms with Gasteiger partial charge in [0.05, 0.1) is 0 Å². The maximum Gasteiger partial charge on any atom is 0.129 e. The number of aromatic nitrogens is 1. The molecule has 0 amide bonds. The predicted octanol–water partition coefficient (Wildman–Crippen LogP) is 4.70. The molecule has 1 N–H and O–H groups in total. The van der Waals surface area contributed by atoms with Crippen molar-refractivity contribution in [2.75, 3.05) is 0 Å². The molecule has 21 heavy (non-hydrogen) atoms. The van der Waals surface area contributed by atoms with Crippen molar-refractivity contribution < 1.29 is 4.74 Å². The minimum Gasteiger partial charge on any atom is -0.488 e. The lowest BCUT2D eigenvalue weighted by molar-refractivity contribution is 0.310. The van der Waals surface area contributed by atoms with Gasteiger partial charge in [-0.2, -0.15) is 0 Å². The van der Waals surface area contributed by atoms with Gasteiger partial charge < -0.3 is 9.72 Å². The van der Waals surface area contributed by atoms with Gasteiger partial charge in [-0.15, -0.1) is 0 Å². The molecule has 2 aromatic carbocycles. The summed E-state index contributed by atoms with van der Waals surface area (Å²) < 4.78 is 6.02. The van der Waals surface area contributed by atoms with E-state index in [2.05, 4.69) is 41.4 Å². The molecule has 1 saturated carbocycles. The van der Waals surface area contributed by atoms with E-state index in [1.54, 1.807) is 0 Å². The second-order valence-electron chi connectivity index (χ2n) is 5.93. The van der Waals surface area contributed by atoms with E-state index in [-0.39, 0.29) is 0 Å². The highest BCUT2D eigenvalue weighted by Gasteiger charge is 2.22. The van der Waals surface area contributed by atoms with Crippen molar-refractivity contribution in [3.05, 3.63) is 65.9 Å². The Labute approximate surface area is 124 Å². The highest BCUT2D eigenvalue weighted by molar-refractivity contribution is 5.86. The average molecular weight is 277 g/mol. The van der Waals surface area contributed by atoms with Crippen molar-refractivity contribution in [2.45, 2.75) is 25.9 Å². The lowest BCUT2D eigenvalue weighted by atomic mass is 10.2. The largest absolute Gasteiger partial charge is 0.488 e. The number of fused-ring (bicyclic) bond motifs is 1. The molecule has 106 valence electrons. The van der Waals surface area contributed by atoms with Crippen molar-refractivity contribution >= 4 is 10.9 Å². The van der Waals surface area contributed by atoms with Crippen molar-refractivity contribution in [3.63, 3.8) is 0 Å². The van der Waals surface area contributed by atoms with E-state index >= 15 is 0 Å². The molecule has 1 heterocycles. The van der Waals surface area contributed by atoms with E-state index < -0.39 is 0 Å². The number of H-pyrrole nitrogens is 1. The molecule has 0 spiro atoms. The van der Waals surface area contributed by atoms with Crippen molar-refractivity contribution in [2.24, 2.45) is 5.92 Å². The molecular formula is C19H19NO. The lowest BCUT2D eigenvalue weighted by Crippen LogP contribution is -1.94. The van der Waals surface area contributed by atoms with Crippen LogP contribution in [0.25, 0.3) is 10.9 Å². The van der Waals surface area contributed by atoms with E-state index in [9.17, 15) is 0 Å². The number of hydrogen-bond acceptors (Lipinski definition) is 1. The van der Waals surface area contributed by atoms with Crippen LogP contribution in [0.15, 0.2) is 54.6 Å². The van der Waals surface area contributed by atoms with Crippen LogP contribution in [0.1, 0.15) is 24.1 Å². The first-order valence-corrected chi connectivity index (χ1v) is 7.66. The van der Waals surface area contributed by atoms with Gasteiger partial charge in [0.1, 0.15) is 12.4 Å². The van der Waals surface area contributed by atoms with Gasteiger partial charge in [0, 0.05) is 16.6 Å². The van der Waals surface area contributed by atoms with E-state index in [0.29, 0.717) is 6.61 Å². The van der Waals surface area contributed by atoms with Gasteiger partial charge in [-0.25, -0.2) is 0 Å². The summed E-state index contributed by atoms with van der Waals surface area (Å²) >= 11 is 0. The smallest absolute Gasteiger partial charge is 0.129 e. The maximum atomic E-state index is 6.02. The van der Waals surface area contributed by atoms with Crippen LogP contribution in [0.4, 0.5) is 0 Å². The zero-order chi connectivity index (χ0) is 14.1. The van der Waals surface area contributed by atoms with Crippen LogP contribution in [0, 0.1) is 5.92 Å². The Bertz CT molecular complexity index is 741. The van der Waals surface area contributed by atoms with Crippen LogP contribution in [0.2, 0.25) is 0 Å². The first-order valence-electron chi connectivity index (χ1n) is 7.66. The molecule has 0 aliphatic heterocycles. The Morgan fingerprint density at radius 2 is 1.86 bits per heavy atom. The number of benzene rings is 2. The third kappa shape index (κ3) is 2.80. The Balaban J connectivity index is 1.57. The maximum absolute atomic E-state index is 6.02. The van der Waals surface area contributed by atoms with Gasteiger partial charge in [0.2, 0.25) is 0 Å². The summed E-state index contributed by atoms with van der Waals surface area (Å²) in [6, 6.07) is 18.8. The number of nitrogens with one attached hydrogen (secondary N) is 1. The summed E-state index contributed by atoms with van der Waals surface area (Å²) in [6.07, 6.45) is 3.94. The highest BCUT2D eigenvalue weighted by Crippen LogP contribution is 2.34. The SMILES string of the molecule is c1ccc(COc2cccc3[nH]c(CC4CC4)cc23)cc1. The predicted molar refractivity (Wildman–Crippen MR) is 85.5 cm³/mol. The zero-order valence-corrected chi connectivity index (χ0v) is 12.0. The van der Waals surface area contributed by atoms with Crippen molar-refractivity contribution in [1.29, 1.82) is 0 Å². The van der Waals surface area contributed by atoms with Gasteiger partial charge >= 0.3 is 0 Å². The Hall–Kier alpha value is -2.22. The number of aromatic amines is 1. The summed E-state index contributed by atoms with van der Waals surface area (Å²) in [5.74, 6) is 1.86. The second kappa shape index (κ2) is 5.28. The Morgan fingerprint density at radius 1 is 1.00 bits per heavy atom. The minimum atomic E-state index is 0.614. The molecule has 0 radical (unpaired) electrons. The lowest BCUT2D eigenvalue weighted by Gasteiger charge is -2.07. The van der Waals surface area contributed by atoms with Crippen molar-refractivity contribution in [3.8, 4) is 5.75 Å². The number of ether oxygens (including phenoxy) is 1. The fourth-order valence-corrected chi connectivity index (χ4v) is 2.79. The summed E-state index contributed by atoms with van der Waals surface area (Å²) in [6.45, 7) is 0.614. The summed E-state index contributed by atoms with van der Waals surface area (Å²) in [7, 11) is 0. The first-order chi connectivity index (χ1) is 10.4. The fourth-order valence-electron chi connectivity index (χ4n) is 2.79. The van der Waals surface area contributed by atoms with Gasteiger partial charge in [-0.3, -0.25) is 0 Å². The van der Waals surface area contributed by atoms with E-state index in [1.807, 2.05) is 18.2 Å². The molecule has 1 aliphatic carbocycles. The van der Waals surface area contributed by atoms with Gasteiger partial charge in [0.15, 0.2) is 0 Å². The number of hydrogen-bond donors (Lipinski definition) is 1. The third-order valence-corrected chi connectivity index (χ3v) is 4.12. The van der Waals surface area contributed by atoms with Crippen LogP contribution in [0.5, 0.6) is 5.75 Å². The first kappa shape index (κ1) is 12.5. The van der Waals surface area contributed by atoms with E-state index in [4.69, 9.17) is 4.74 Å². The van der Waals surface area contributed by atoms with E-state index in [1.165, 1.54) is 41.4 Å². The Kier molecular flexibility index (Phi) is 3.15.